The van der Waals surface area contributed by atoms with Gasteiger partial charge in [-0.3, -0.25) is 4.79 Å². The van der Waals surface area contributed by atoms with Crippen LogP contribution in [0.4, 0.5) is 16.0 Å². The van der Waals surface area contributed by atoms with Gasteiger partial charge in [0, 0.05) is 31.2 Å². The molecular weight excluding hydrogens is 307 g/mol. The van der Waals surface area contributed by atoms with Gasteiger partial charge < -0.3 is 10.2 Å². The molecule has 7 heteroatoms. The second-order valence-corrected chi connectivity index (χ2v) is 4.93. The van der Waals surface area contributed by atoms with Gasteiger partial charge in [0.25, 0.3) is 5.91 Å². The Bertz CT molecular complexity index is 659. The number of aromatic nitrogens is 2. The van der Waals surface area contributed by atoms with E-state index in [4.69, 9.17) is 11.6 Å². The van der Waals surface area contributed by atoms with E-state index in [9.17, 15) is 9.18 Å². The normalized spacial score (nSPS) is 10.4. The monoisotopic (exact) mass is 322 g/mol. The number of benzene rings is 1. The SMILES string of the molecule is CCN(CC)C(=O)c1cnc(Nc2ccc(F)c(Cl)c2)nc1. The van der Waals surface area contributed by atoms with Crippen molar-refractivity contribution in [3.8, 4) is 0 Å². The van der Waals surface area contributed by atoms with Crippen molar-refractivity contribution in [3.63, 3.8) is 0 Å². The third-order valence-corrected chi connectivity index (χ3v) is 3.41. The molecule has 1 heterocycles. The molecule has 1 aromatic heterocycles. The zero-order valence-corrected chi connectivity index (χ0v) is 13.1. The summed E-state index contributed by atoms with van der Waals surface area (Å²) in [6.45, 7) is 5.08. The van der Waals surface area contributed by atoms with Crippen LogP contribution in [-0.2, 0) is 0 Å². The van der Waals surface area contributed by atoms with E-state index < -0.39 is 5.82 Å². The Morgan fingerprint density at radius 3 is 2.45 bits per heavy atom. The smallest absolute Gasteiger partial charge is 0.256 e. The molecule has 0 atom stereocenters. The van der Waals surface area contributed by atoms with Crippen molar-refractivity contribution < 1.29 is 9.18 Å². The lowest BCUT2D eigenvalue weighted by Crippen LogP contribution is -2.30. The Morgan fingerprint density at radius 2 is 1.91 bits per heavy atom. The molecule has 0 saturated carbocycles. The van der Waals surface area contributed by atoms with Gasteiger partial charge in [0.2, 0.25) is 5.95 Å². The summed E-state index contributed by atoms with van der Waals surface area (Å²) in [6.07, 6.45) is 2.92. The first-order valence-electron chi connectivity index (χ1n) is 6.88. The number of anilines is 2. The fourth-order valence-corrected chi connectivity index (χ4v) is 2.08. The predicted molar refractivity (Wildman–Crippen MR) is 84.0 cm³/mol. The zero-order valence-electron chi connectivity index (χ0n) is 12.3. The molecule has 2 aromatic rings. The molecule has 0 bridgehead atoms. The number of halogens is 2. The summed E-state index contributed by atoms with van der Waals surface area (Å²) < 4.78 is 13.1. The largest absolute Gasteiger partial charge is 0.339 e. The fourth-order valence-electron chi connectivity index (χ4n) is 1.90. The third kappa shape index (κ3) is 3.71. The van der Waals surface area contributed by atoms with Crippen molar-refractivity contribution in [2.75, 3.05) is 18.4 Å². The quantitative estimate of drug-likeness (QED) is 0.915. The Kier molecular flexibility index (Phi) is 5.27. The van der Waals surface area contributed by atoms with Crippen LogP contribution in [-0.4, -0.2) is 33.9 Å². The van der Waals surface area contributed by atoms with E-state index in [0.717, 1.165) is 0 Å². The van der Waals surface area contributed by atoms with Crippen molar-refractivity contribution in [1.29, 1.82) is 0 Å². The van der Waals surface area contributed by atoms with Crippen LogP contribution in [0, 0.1) is 5.82 Å². The maximum Gasteiger partial charge on any atom is 0.256 e. The molecule has 0 saturated heterocycles. The first kappa shape index (κ1) is 16.2. The van der Waals surface area contributed by atoms with Crippen molar-refractivity contribution >= 4 is 29.1 Å². The van der Waals surface area contributed by atoms with Gasteiger partial charge in [-0.25, -0.2) is 14.4 Å². The maximum absolute atomic E-state index is 13.1. The van der Waals surface area contributed by atoms with E-state index in [0.29, 0.717) is 30.3 Å². The van der Waals surface area contributed by atoms with Crippen LogP contribution in [0.2, 0.25) is 5.02 Å². The molecular formula is C15H16ClFN4O. The molecule has 0 aliphatic heterocycles. The average molecular weight is 323 g/mol. The molecule has 0 aliphatic rings. The van der Waals surface area contributed by atoms with Gasteiger partial charge in [-0.15, -0.1) is 0 Å². The number of nitrogens with zero attached hydrogens (tertiary/aromatic N) is 3. The van der Waals surface area contributed by atoms with Gasteiger partial charge in [0.15, 0.2) is 0 Å². The minimum absolute atomic E-state index is 0.0123. The molecule has 0 unspecified atom stereocenters. The second kappa shape index (κ2) is 7.17. The average Bonchev–Trinajstić information content (AvgIpc) is 2.53. The third-order valence-electron chi connectivity index (χ3n) is 3.13. The number of amides is 1. The number of nitrogens with one attached hydrogen (secondary N) is 1. The van der Waals surface area contributed by atoms with Gasteiger partial charge in [0.05, 0.1) is 10.6 Å². The van der Waals surface area contributed by atoms with Crippen LogP contribution in [0.5, 0.6) is 0 Å². The summed E-state index contributed by atoms with van der Waals surface area (Å²) in [5.41, 5.74) is 0.987. The van der Waals surface area contributed by atoms with Crippen molar-refractivity contribution in [2.45, 2.75) is 13.8 Å². The first-order chi connectivity index (χ1) is 10.5. The van der Waals surface area contributed by atoms with Crippen molar-refractivity contribution in [2.24, 2.45) is 0 Å². The first-order valence-corrected chi connectivity index (χ1v) is 7.26. The van der Waals surface area contributed by atoms with Gasteiger partial charge in [0.1, 0.15) is 5.82 Å². The number of carbonyl (C=O) groups excluding carboxylic acids is 1. The standard InChI is InChI=1S/C15H16ClFN4O/c1-3-21(4-2)14(22)10-8-18-15(19-9-10)20-11-5-6-13(17)12(16)7-11/h5-9H,3-4H2,1-2H3,(H,18,19,20). The van der Waals surface area contributed by atoms with E-state index in [1.807, 2.05) is 13.8 Å². The Hall–Kier alpha value is -2.21. The van der Waals surface area contributed by atoms with E-state index in [-0.39, 0.29) is 10.9 Å². The maximum atomic E-state index is 13.1. The Labute approximate surface area is 133 Å². The van der Waals surface area contributed by atoms with Crippen LogP contribution in [0.3, 0.4) is 0 Å². The highest BCUT2D eigenvalue weighted by Crippen LogP contribution is 2.21. The highest BCUT2D eigenvalue weighted by molar-refractivity contribution is 6.31. The van der Waals surface area contributed by atoms with Gasteiger partial charge in [-0.2, -0.15) is 0 Å². The summed E-state index contributed by atoms with van der Waals surface area (Å²) in [5, 5.41) is 2.91. The summed E-state index contributed by atoms with van der Waals surface area (Å²) in [6, 6.07) is 4.22. The van der Waals surface area contributed by atoms with Gasteiger partial charge in [-0.1, -0.05) is 11.6 Å². The molecule has 0 fully saturated rings. The van der Waals surface area contributed by atoms with Gasteiger partial charge >= 0.3 is 0 Å². The number of carbonyl (C=O) groups is 1. The molecule has 0 spiro atoms. The van der Waals surface area contributed by atoms with Crippen molar-refractivity contribution in [1.82, 2.24) is 14.9 Å². The highest BCUT2D eigenvalue weighted by Gasteiger charge is 2.13. The summed E-state index contributed by atoms with van der Waals surface area (Å²) in [5.74, 6) is -0.298. The van der Waals surface area contributed by atoms with Crippen molar-refractivity contribution in [3.05, 3.63) is 47.0 Å². The zero-order chi connectivity index (χ0) is 16.1. The fraction of sp³-hybridized carbons (Fsp3) is 0.267. The van der Waals surface area contributed by atoms with Crippen LogP contribution in [0.1, 0.15) is 24.2 Å². The summed E-state index contributed by atoms with van der Waals surface area (Å²) in [4.78, 5) is 22.0. The summed E-state index contributed by atoms with van der Waals surface area (Å²) in [7, 11) is 0. The lowest BCUT2D eigenvalue weighted by Gasteiger charge is -2.18. The van der Waals surface area contributed by atoms with E-state index in [1.165, 1.54) is 30.6 Å². The Morgan fingerprint density at radius 1 is 1.27 bits per heavy atom. The lowest BCUT2D eigenvalue weighted by atomic mass is 10.3. The molecule has 1 aromatic carbocycles. The highest BCUT2D eigenvalue weighted by atomic mass is 35.5. The molecule has 116 valence electrons. The number of hydrogen-bond acceptors (Lipinski definition) is 4. The minimum atomic E-state index is -0.492. The van der Waals surface area contributed by atoms with Gasteiger partial charge in [-0.05, 0) is 32.0 Å². The molecule has 5 nitrogen and oxygen atoms in total. The summed E-state index contributed by atoms with van der Waals surface area (Å²) >= 11 is 5.71. The topological polar surface area (TPSA) is 58.1 Å². The van der Waals surface area contributed by atoms with Crippen LogP contribution in [0.25, 0.3) is 0 Å². The molecule has 0 radical (unpaired) electrons. The van der Waals surface area contributed by atoms with Crippen LogP contribution in [0.15, 0.2) is 30.6 Å². The molecule has 22 heavy (non-hydrogen) atoms. The second-order valence-electron chi connectivity index (χ2n) is 4.53. The molecule has 1 N–H and O–H groups in total. The minimum Gasteiger partial charge on any atom is -0.339 e. The number of hydrogen-bond donors (Lipinski definition) is 1. The van der Waals surface area contributed by atoms with Crippen LogP contribution < -0.4 is 5.32 Å². The Balaban J connectivity index is 2.11. The molecule has 0 aliphatic carbocycles. The molecule has 2 rings (SSSR count). The van der Waals surface area contributed by atoms with Crippen LogP contribution >= 0.6 is 11.6 Å². The lowest BCUT2D eigenvalue weighted by molar-refractivity contribution is 0.0772. The van der Waals surface area contributed by atoms with E-state index >= 15 is 0 Å². The predicted octanol–water partition coefficient (Wildman–Crippen LogP) is 3.49. The number of rotatable bonds is 5. The van der Waals surface area contributed by atoms with E-state index in [1.54, 1.807) is 4.90 Å². The molecule has 1 amide bonds. The van der Waals surface area contributed by atoms with E-state index in [2.05, 4.69) is 15.3 Å².